The van der Waals surface area contributed by atoms with E-state index in [1.807, 2.05) is 0 Å². The lowest BCUT2D eigenvalue weighted by atomic mass is 9.93. The summed E-state index contributed by atoms with van der Waals surface area (Å²) in [4.78, 5) is 2.55. The molecule has 0 aromatic heterocycles. The van der Waals surface area contributed by atoms with Gasteiger partial charge in [-0.3, -0.25) is 10.2 Å². The van der Waals surface area contributed by atoms with Crippen molar-refractivity contribution in [1.82, 2.24) is 10.2 Å². The molecule has 0 bridgehead atoms. The Kier molecular flexibility index (Phi) is 5.65. The lowest BCUT2D eigenvalue weighted by Crippen LogP contribution is -2.51. The minimum absolute atomic E-state index is 0.395. The average Bonchev–Trinajstić information content (AvgIpc) is 3.32. The summed E-state index contributed by atoms with van der Waals surface area (Å²) in [7, 11) is 1.76. The predicted octanol–water partition coefficient (Wildman–Crippen LogP) is 2.55. The molecule has 2 saturated carbocycles. The van der Waals surface area contributed by atoms with Gasteiger partial charge in [0.15, 0.2) is 0 Å². The van der Waals surface area contributed by atoms with Crippen LogP contribution in [0.1, 0.15) is 52.9 Å². The van der Waals surface area contributed by atoms with E-state index in [-0.39, 0.29) is 0 Å². The third-order valence-electron chi connectivity index (χ3n) is 5.00. The molecule has 1 N–H and O–H groups in total. The van der Waals surface area contributed by atoms with Gasteiger partial charge in [0.1, 0.15) is 5.54 Å². The van der Waals surface area contributed by atoms with E-state index in [2.05, 4.69) is 37.1 Å². The second-order valence-electron chi connectivity index (χ2n) is 7.22. The largest absolute Gasteiger partial charge is 0.383 e. The fourth-order valence-electron chi connectivity index (χ4n) is 3.39. The van der Waals surface area contributed by atoms with Crippen LogP contribution >= 0.6 is 0 Å². The van der Waals surface area contributed by atoms with Crippen LogP contribution in [0, 0.1) is 17.2 Å². The number of nitrogens with zero attached hydrogens (tertiary/aromatic N) is 2. The van der Waals surface area contributed by atoms with Crippen molar-refractivity contribution in [3.63, 3.8) is 0 Å². The molecule has 0 aliphatic heterocycles. The monoisotopic (exact) mass is 293 g/mol. The second-order valence-corrected chi connectivity index (χ2v) is 7.22. The van der Waals surface area contributed by atoms with Crippen molar-refractivity contribution >= 4 is 0 Å². The van der Waals surface area contributed by atoms with E-state index in [4.69, 9.17) is 4.74 Å². The van der Waals surface area contributed by atoms with Gasteiger partial charge in [0, 0.05) is 31.8 Å². The lowest BCUT2D eigenvalue weighted by Gasteiger charge is -2.38. The molecule has 0 saturated heterocycles. The topological polar surface area (TPSA) is 48.3 Å². The van der Waals surface area contributed by atoms with Crippen molar-refractivity contribution in [1.29, 1.82) is 5.26 Å². The maximum atomic E-state index is 9.57. The highest BCUT2D eigenvalue weighted by Gasteiger charge is 2.38. The molecular weight excluding hydrogens is 262 g/mol. The quantitative estimate of drug-likeness (QED) is 0.672. The molecule has 2 rings (SSSR count). The van der Waals surface area contributed by atoms with Gasteiger partial charge in [0.05, 0.1) is 12.7 Å². The van der Waals surface area contributed by atoms with Gasteiger partial charge in [0.25, 0.3) is 0 Å². The van der Waals surface area contributed by atoms with Crippen molar-refractivity contribution in [2.24, 2.45) is 5.92 Å². The molecule has 0 aromatic carbocycles. The van der Waals surface area contributed by atoms with E-state index in [1.54, 1.807) is 7.11 Å². The van der Waals surface area contributed by atoms with E-state index < -0.39 is 5.54 Å². The zero-order valence-electron chi connectivity index (χ0n) is 14.1. The van der Waals surface area contributed by atoms with Crippen molar-refractivity contribution in [3.8, 4) is 6.07 Å². The Hall–Kier alpha value is -0.630. The third kappa shape index (κ3) is 4.95. The molecule has 0 aromatic rings. The third-order valence-corrected chi connectivity index (χ3v) is 5.00. The molecule has 2 aliphatic rings. The van der Waals surface area contributed by atoms with Gasteiger partial charge in [-0.05, 0) is 58.8 Å². The van der Waals surface area contributed by atoms with Gasteiger partial charge in [0.2, 0.25) is 0 Å². The standard InChI is InChI=1S/C17H31N3O/c1-13(11-17(3,12-18)19-16-7-8-16)20(9-10-21-4)14(2)15-5-6-15/h13-16,19H,5-11H2,1-4H3. The first-order valence-corrected chi connectivity index (χ1v) is 8.42. The number of rotatable bonds is 10. The summed E-state index contributed by atoms with van der Waals surface area (Å²) in [6.45, 7) is 8.37. The molecule has 0 amide bonds. The highest BCUT2D eigenvalue weighted by atomic mass is 16.5. The Bertz CT molecular complexity index is 373. The van der Waals surface area contributed by atoms with Crippen LogP contribution in [0.4, 0.5) is 0 Å². The van der Waals surface area contributed by atoms with Gasteiger partial charge < -0.3 is 4.74 Å². The minimum atomic E-state index is -0.408. The smallest absolute Gasteiger partial charge is 0.105 e. The number of hydrogen-bond acceptors (Lipinski definition) is 4. The summed E-state index contributed by atoms with van der Waals surface area (Å²) in [6, 6.07) is 4.06. The van der Waals surface area contributed by atoms with Crippen LogP contribution in [0.5, 0.6) is 0 Å². The van der Waals surface area contributed by atoms with Crippen LogP contribution < -0.4 is 5.32 Å². The first-order valence-electron chi connectivity index (χ1n) is 8.42. The van der Waals surface area contributed by atoms with E-state index in [0.717, 1.165) is 25.5 Å². The fraction of sp³-hybridized carbons (Fsp3) is 0.941. The highest BCUT2D eigenvalue weighted by molar-refractivity contribution is 5.09. The Balaban J connectivity index is 1.94. The Morgan fingerprint density at radius 2 is 2.00 bits per heavy atom. The molecule has 2 aliphatic carbocycles. The van der Waals surface area contributed by atoms with Crippen LogP contribution in [0.3, 0.4) is 0 Å². The first kappa shape index (κ1) is 16.7. The van der Waals surface area contributed by atoms with Crippen LogP contribution in [-0.2, 0) is 4.74 Å². The molecular formula is C17H31N3O. The summed E-state index contributed by atoms with van der Waals surface area (Å²) >= 11 is 0. The van der Waals surface area contributed by atoms with E-state index >= 15 is 0 Å². The van der Waals surface area contributed by atoms with Crippen LogP contribution in [0.25, 0.3) is 0 Å². The number of hydrogen-bond donors (Lipinski definition) is 1. The maximum Gasteiger partial charge on any atom is 0.105 e. The predicted molar refractivity (Wildman–Crippen MR) is 85.0 cm³/mol. The van der Waals surface area contributed by atoms with E-state index in [1.165, 1.54) is 25.7 Å². The van der Waals surface area contributed by atoms with E-state index in [9.17, 15) is 5.26 Å². The van der Waals surface area contributed by atoms with Crippen molar-refractivity contribution < 1.29 is 4.74 Å². The Morgan fingerprint density at radius 3 is 2.48 bits per heavy atom. The van der Waals surface area contributed by atoms with Crippen molar-refractivity contribution in [2.45, 2.75) is 76.5 Å². The summed E-state index contributed by atoms with van der Waals surface area (Å²) in [6.07, 6.45) is 6.02. The SMILES string of the molecule is COCCN(C(C)CC(C)(C#N)NC1CC1)C(C)C1CC1. The molecule has 0 heterocycles. The molecule has 4 heteroatoms. The summed E-state index contributed by atoms with van der Waals surface area (Å²) in [5, 5.41) is 13.1. The van der Waals surface area contributed by atoms with Gasteiger partial charge in [-0.25, -0.2) is 0 Å². The maximum absolute atomic E-state index is 9.57. The highest BCUT2D eigenvalue weighted by Crippen LogP contribution is 2.36. The molecule has 0 spiro atoms. The van der Waals surface area contributed by atoms with E-state index in [0.29, 0.717) is 18.1 Å². The molecule has 2 fully saturated rings. The number of methoxy groups -OCH3 is 1. The van der Waals surface area contributed by atoms with Crippen LogP contribution in [-0.4, -0.2) is 48.8 Å². The molecule has 0 radical (unpaired) electrons. The lowest BCUT2D eigenvalue weighted by molar-refractivity contribution is 0.0761. The van der Waals surface area contributed by atoms with Crippen molar-refractivity contribution in [3.05, 3.63) is 0 Å². The first-order chi connectivity index (χ1) is 9.99. The Labute approximate surface area is 129 Å². The molecule has 120 valence electrons. The summed E-state index contributed by atoms with van der Waals surface area (Å²) in [5.74, 6) is 0.842. The zero-order valence-corrected chi connectivity index (χ0v) is 14.1. The molecule has 21 heavy (non-hydrogen) atoms. The van der Waals surface area contributed by atoms with Crippen LogP contribution in [0.15, 0.2) is 0 Å². The number of nitrogens with one attached hydrogen (secondary N) is 1. The second kappa shape index (κ2) is 7.09. The van der Waals surface area contributed by atoms with Gasteiger partial charge in [-0.1, -0.05) is 0 Å². The molecule has 4 nitrogen and oxygen atoms in total. The van der Waals surface area contributed by atoms with Gasteiger partial charge in [-0.2, -0.15) is 5.26 Å². The molecule has 3 unspecified atom stereocenters. The Morgan fingerprint density at radius 1 is 1.33 bits per heavy atom. The van der Waals surface area contributed by atoms with Gasteiger partial charge >= 0.3 is 0 Å². The number of nitriles is 1. The summed E-state index contributed by atoms with van der Waals surface area (Å²) in [5.41, 5.74) is -0.408. The van der Waals surface area contributed by atoms with Crippen molar-refractivity contribution in [2.75, 3.05) is 20.3 Å². The van der Waals surface area contributed by atoms with Crippen LogP contribution in [0.2, 0.25) is 0 Å². The molecule has 3 atom stereocenters. The average molecular weight is 293 g/mol. The zero-order chi connectivity index (χ0) is 15.5. The fourth-order valence-corrected chi connectivity index (χ4v) is 3.39. The minimum Gasteiger partial charge on any atom is -0.383 e. The summed E-state index contributed by atoms with van der Waals surface area (Å²) < 4.78 is 5.28. The van der Waals surface area contributed by atoms with Gasteiger partial charge in [-0.15, -0.1) is 0 Å². The number of ether oxygens (including phenoxy) is 1. The normalized spacial score (nSPS) is 24.4.